The van der Waals surface area contributed by atoms with Crippen molar-refractivity contribution in [2.75, 3.05) is 14.2 Å². The topological polar surface area (TPSA) is 60.7 Å². The summed E-state index contributed by atoms with van der Waals surface area (Å²) < 4.78 is 13.0. The van der Waals surface area contributed by atoms with Crippen LogP contribution in [0.2, 0.25) is 0 Å². The Morgan fingerprint density at radius 3 is 2.46 bits per heavy atom. The summed E-state index contributed by atoms with van der Waals surface area (Å²) >= 11 is 0. The van der Waals surface area contributed by atoms with Crippen LogP contribution >= 0.6 is 0 Å². The Balaban J connectivity index is 2.44. The molecule has 1 N–H and O–H groups in total. The summed E-state index contributed by atoms with van der Waals surface area (Å²) in [7, 11) is 5.05. The first-order valence-electron chi connectivity index (χ1n) is 7.53. The van der Waals surface area contributed by atoms with Gasteiger partial charge in [-0.2, -0.15) is 0 Å². The van der Waals surface area contributed by atoms with Crippen LogP contribution in [0, 0.1) is 6.92 Å². The van der Waals surface area contributed by atoms with E-state index in [-0.39, 0.29) is 5.56 Å². The van der Waals surface area contributed by atoms with E-state index in [1.165, 1.54) is 13.2 Å². The highest BCUT2D eigenvalue weighted by Crippen LogP contribution is 2.44. The van der Waals surface area contributed by atoms with E-state index in [0.717, 1.165) is 22.2 Å². The number of ether oxygens (including phenoxy) is 2. The van der Waals surface area contributed by atoms with Crippen LogP contribution in [0.3, 0.4) is 0 Å². The molecule has 0 unspecified atom stereocenters. The fourth-order valence-corrected chi connectivity index (χ4v) is 3.13. The molecule has 5 nitrogen and oxygen atoms in total. The van der Waals surface area contributed by atoms with Crippen molar-refractivity contribution in [3.8, 4) is 22.6 Å². The molecule has 0 aliphatic heterocycles. The van der Waals surface area contributed by atoms with E-state index in [2.05, 4.69) is 4.57 Å². The van der Waals surface area contributed by atoms with Crippen molar-refractivity contribution in [2.24, 2.45) is 7.05 Å². The second-order valence-electron chi connectivity index (χ2n) is 5.60. The van der Waals surface area contributed by atoms with Gasteiger partial charge in [0.1, 0.15) is 0 Å². The number of rotatable bonds is 4. The maximum atomic E-state index is 11.5. The molecule has 0 atom stereocenters. The van der Waals surface area contributed by atoms with Gasteiger partial charge in [-0.15, -0.1) is 0 Å². The van der Waals surface area contributed by atoms with Crippen molar-refractivity contribution in [1.82, 2.24) is 4.57 Å². The number of nitrogens with zero attached hydrogens (tertiary/aromatic N) is 1. The Morgan fingerprint density at radius 2 is 1.83 bits per heavy atom. The van der Waals surface area contributed by atoms with Crippen LogP contribution in [0.25, 0.3) is 22.0 Å². The van der Waals surface area contributed by atoms with Gasteiger partial charge in [-0.1, -0.05) is 18.2 Å². The number of hydrogen-bond acceptors (Lipinski definition) is 3. The van der Waals surface area contributed by atoms with Gasteiger partial charge in [-0.25, -0.2) is 4.79 Å². The third-order valence-electron chi connectivity index (χ3n) is 4.39. The Morgan fingerprint density at radius 1 is 1.12 bits per heavy atom. The molecule has 0 aliphatic rings. The quantitative estimate of drug-likeness (QED) is 0.791. The number of para-hydroxylation sites is 1. The summed E-state index contributed by atoms with van der Waals surface area (Å²) in [5.41, 5.74) is 3.93. The predicted molar refractivity (Wildman–Crippen MR) is 93.2 cm³/mol. The summed E-state index contributed by atoms with van der Waals surface area (Å²) in [6.45, 7) is 2.01. The first-order chi connectivity index (χ1) is 11.5. The normalized spacial score (nSPS) is 10.8. The molecule has 2 aromatic carbocycles. The molecule has 24 heavy (non-hydrogen) atoms. The molecule has 0 radical (unpaired) electrons. The van der Waals surface area contributed by atoms with E-state index >= 15 is 0 Å². The first kappa shape index (κ1) is 15.9. The van der Waals surface area contributed by atoms with E-state index in [0.29, 0.717) is 17.1 Å². The van der Waals surface area contributed by atoms with Crippen LogP contribution in [-0.4, -0.2) is 29.9 Å². The number of fused-ring (bicyclic) bond motifs is 1. The molecule has 1 heterocycles. The molecule has 0 bridgehead atoms. The van der Waals surface area contributed by atoms with Gasteiger partial charge in [0.2, 0.25) is 0 Å². The lowest BCUT2D eigenvalue weighted by Gasteiger charge is -2.15. The van der Waals surface area contributed by atoms with Crippen molar-refractivity contribution in [3.63, 3.8) is 0 Å². The highest BCUT2D eigenvalue weighted by molar-refractivity contribution is 6.01. The summed E-state index contributed by atoms with van der Waals surface area (Å²) in [5.74, 6) is -0.0724. The molecular formula is C19H19NO4. The van der Waals surface area contributed by atoms with Crippen LogP contribution in [0.1, 0.15) is 16.1 Å². The zero-order valence-electron chi connectivity index (χ0n) is 14.1. The molecule has 1 aromatic heterocycles. The minimum atomic E-state index is -1.00. The van der Waals surface area contributed by atoms with E-state index in [1.807, 2.05) is 38.2 Å². The highest BCUT2D eigenvalue weighted by Gasteiger charge is 2.22. The number of methoxy groups -OCH3 is 2. The van der Waals surface area contributed by atoms with Crippen molar-refractivity contribution in [3.05, 3.63) is 47.7 Å². The van der Waals surface area contributed by atoms with Gasteiger partial charge in [0, 0.05) is 34.8 Å². The molecule has 0 amide bonds. The highest BCUT2D eigenvalue weighted by atomic mass is 16.5. The van der Waals surface area contributed by atoms with E-state index in [9.17, 15) is 9.90 Å². The van der Waals surface area contributed by atoms with Gasteiger partial charge in [0.15, 0.2) is 11.5 Å². The SMILES string of the molecule is COc1cc(C(=O)O)cc(-c2c(C)n(C)c3ccccc23)c1OC. The second kappa shape index (κ2) is 5.92. The monoisotopic (exact) mass is 325 g/mol. The molecule has 5 heteroatoms. The van der Waals surface area contributed by atoms with Crippen LogP contribution in [0.4, 0.5) is 0 Å². The van der Waals surface area contributed by atoms with Gasteiger partial charge in [-0.05, 0) is 25.1 Å². The molecule has 3 aromatic rings. The number of aryl methyl sites for hydroxylation is 1. The Labute approximate surface area is 140 Å². The number of aromatic nitrogens is 1. The summed E-state index contributed by atoms with van der Waals surface area (Å²) in [5, 5.41) is 10.5. The van der Waals surface area contributed by atoms with Gasteiger partial charge in [0.25, 0.3) is 0 Å². The van der Waals surface area contributed by atoms with Crippen LogP contribution < -0.4 is 9.47 Å². The maximum Gasteiger partial charge on any atom is 0.335 e. The molecule has 0 saturated heterocycles. The number of carboxylic acids is 1. The summed E-state index contributed by atoms with van der Waals surface area (Å²) in [4.78, 5) is 11.5. The molecule has 0 fully saturated rings. The summed E-state index contributed by atoms with van der Waals surface area (Å²) in [6.07, 6.45) is 0. The van der Waals surface area contributed by atoms with Crippen molar-refractivity contribution in [2.45, 2.75) is 6.92 Å². The van der Waals surface area contributed by atoms with Gasteiger partial charge in [0.05, 0.1) is 19.8 Å². The standard InChI is InChI=1S/C19H19NO4/c1-11-17(13-7-5-6-8-15(13)20(11)2)14-9-12(19(21)22)10-16(23-3)18(14)24-4/h5-10H,1-4H3,(H,21,22). The molecular weight excluding hydrogens is 306 g/mol. The van der Waals surface area contributed by atoms with E-state index in [4.69, 9.17) is 9.47 Å². The van der Waals surface area contributed by atoms with Gasteiger partial charge >= 0.3 is 5.97 Å². The largest absolute Gasteiger partial charge is 0.493 e. The number of carboxylic acid groups (broad SMARTS) is 1. The second-order valence-corrected chi connectivity index (χ2v) is 5.60. The fourth-order valence-electron chi connectivity index (χ4n) is 3.13. The fraction of sp³-hybridized carbons (Fsp3) is 0.211. The zero-order valence-corrected chi connectivity index (χ0v) is 14.1. The van der Waals surface area contributed by atoms with Crippen molar-refractivity contribution < 1.29 is 19.4 Å². The Bertz CT molecular complexity index is 940. The number of aromatic carboxylic acids is 1. The molecule has 124 valence electrons. The van der Waals surface area contributed by atoms with Crippen molar-refractivity contribution >= 4 is 16.9 Å². The predicted octanol–water partition coefficient (Wildman–Crippen LogP) is 3.87. The molecule has 0 spiro atoms. The Hall–Kier alpha value is -2.95. The van der Waals surface area contributed by atoms with Crippen LogP contribution in [0.15, 0.2) is 36.4 Å². The number of carbonyl (C=O) groups is 1. The molecule has 3 rings (SSSR count). The molecule has 0 aliphatic carbocycles. The third kappa shape index (κ3) is 2.29. The van der Waals surface area contributed by atoms with Crippen LogP contribution in [0.5, 0.6) is 11.5 Å². The minimum absolute atomic E-state index is 0.162. The number of hydrogen-bond donors (Lipinski definition) is 1. The minimum Gasteiger partial charge on any atom is -0.493 e. The average molecular weight is 325 g/mol. The average Bonchev–Trinajstić information content (AvgIpc) is 2.85. The lowest BCUT2D eigenvalue weighted by atomic mass is 9.98. The van der Waals surface area contributed by atoms with Crippen molar-refractivity contribution in [1.29, 1.82) is 0 Å². The lowest BCUT2D eigenvalue weighted by molar-refractivity contribution is 0.0696. The van der Waals surface area contributed by atoms with E-state index < -0.39 is 5.97 Å². The lowest BCUT2D eigenvalue weighted by Crippen LogP contribution is -2.01. The third-order valence-corrected chi connectivity index (χ3v) is 4.39. The Kier molecular flexibility index (Phi) is 3.93. The molecule has 0 saturated carbocycles. The maximum absolute atomic E-state index is 11.5. The van der Waals surface area contributed by atoms with Crippen LogP contribution in [-0.2, 0) is 7.05 Å². The summed E-state index contributed by atoms with van der Waals surface area (Å²) in [6, 6.07) is 11.1. The van der Waals surface area contributed by atoms with Gasteiger partial charge < -0.3 is 19.1 Å². The van der Waals surface area contributed by atoms with E-state index in [1.54, 1.807) is 13.2 Å². The first-order valence-corrected chi connectivity index (χ1v) is 7.53. The number of benzene rings is 2. The zero-order chi connectivity index (χ0) is 17.4. The smallest absolute Gasteiger partial charge is 0.335 e. The van der Waals surface area contributed by atoms with Gasteiger partial charge in [-0.3, -0.25) is 0 Å².